The van der Waals surface area contributed by atoms with Gasteiger partial charge >= 0.3 is 0 Å². The van der Waals surface area contributed by atoms with Crippen LogP contribution in [0.25, 0.3) is 0 Å². The van der Waals surface area contributed by atoms with E-state index in [4.69, 9.17) is 5.73 Å². The Morgan fingerprint density at radius 1 is 1.14 bits per heavy atom. The van der Waals surface area contributed by atoms with Gasteiger partial charge in [0.2, 0.25) is 0 Å². The van der Waals surface area contributed by atoms with Crippen molar-refractivity contribution in [2.45, 2.75) is 58.0 Å². The second-order valence-corrected chi connectivity index (χ2v) is 5.93. The first-order valence-corrected chi connectivity index (χ1v) is 6.06. The van der Waals surface area contributed by atoms with Crippen molar-refractivity contribution < 1.29 is 0 Å². The van der Waals surface area contributed by atoms with Crippen molar-refractivity contribution in [3.05, 3.63) is 0 Å². The molecular weight excluding hydrogens is 172 g/mol. The predicted octanol–water partition coefficient (Wildman–Crippen LogP) is 1.99. The highest BCUT2D eigenvalue weighted by Crippen LogP contribution is 2.33. The lowest BCUT2D eigenvalue weighted by Crippen LogP contribution is -2.43. The molecule has 2 aliphatic rings. The Hall–Kier alpha value is -0.0800. The van der Waals surface area contributed by atoms with E-state index in [-0.39, 0.29) is 0 Å². The molecule has 0 bridgehead atoms. The molecule has 82 valence electrons. The lowest BCUT2D eigenvalue weighted by molar-refractivity contribution is 0.0954. The van der Waals surface area contributed by atoms with E-state index >= 15 is 0 Å². The highest BCUT2D eigenvalue weighted by Gasteiger charge is 2.32. The third-order valence-corrected chi connectivity index (χ3v) is 4.11. The van der Waals surface area contributed by atoms with E-state index in [1.165, 1.54) is 45.2 Å². The average Bonchev–Trinajstić information content (AvgIpc) is 2.52. The van der Waals surface area contributed by atoms with Crippen LogP contribution in [0.2, 0.25) is 0 Å². The van der Waals surface area contributed by atoms with Crippen molar-refractivity contribution >= 4 is 0 Å². The largest absolute Gasteiger partial charge is 0.328 e. The minimum Gasteiger partial charge on any atom is -0.328 e. The number of nitrogens with zero attached hydrogens (tertiary/aromatic N) is 1. The molecular formula is C12H24N2. The molecule has 0 aromatic rings. The molecule has 2 fully saturated rings. The van der Waals surface area contributed by atoms with Crippen LogP contribution in [0.4, 0.5) is 0 Å². The maximum absolute atomic E-state index is 5.96. The van der Waals surface area contributed by atoms with Gasteiger partial charge in [0.1, 0.15) is 0 Å². The summed E-state index contributed by atoms with van der Waals surface area (Å²) < 4.78 is 0. The second-order valence-electron chi connectivity index (χ2n) is 5.93. The van der Waals surface area contributed by atoms with Crippen molar-refractivity contribution in [3.8, 4) is 0 Å². The topological polar surface area (TPSA) is 29.3 Å². The molecule has 0 spiro atoms. The summed E-state index contributed by atoms with van der Waals surface area (Å²) in [5.74, 6) is 0. The van der Waals surface area contributed by atoms with Crippen molar-refractivity contribution in [1.29, 1.82) is 0 Å². The van der Waals surface area contributed by atoms with Gasteiger partial charge in [0, 0.05) is 12.1 Å². The van der Waals surface area contributed by atoms with Crippen LogP contribution >= 0.6 is 0 Å². The zero-order valence-electron chi connectivity index (χ0n) is 9.63. The second kappa shape index (κ2) is 3.82. The monoisotopic (exact) mass is 196 g/mol. The summed E-state index contributed by atoms with van der Waals surface area (Å²) in [6, 6.07) is 1.29. The van der Waals surface area contributed by atoms with E-state index in [0.717, 1.165) is 6.04 Å². The van der Waals surface area contributed by atoms with E-state index in [1.54, 1.807) is 0 Å². The molecule has 2 rings (SSSR count). The molecule has 1 aliphatic carbocycles. The molecule has 2 atom stereocenters. The zero-order valence-corrected chi connectivity index (χ0v) is 9.63. The maximum Gasteiger partial charge on any atom is 0.0111 e. The number of hydrogen-bond donors (Lipinski definition) is 1. The van der Waals surface area contributed by atoms with Crippen LogP contribution < -0.4 is 5.73 Å². The minimum atomic E-state index is 0.481. The molecule has 0 aromatic carbocycles. The lowest BCUT2D eigenvalue weighted by Gasteiger charge is -2.40. The van der Waals surface area contributed by atoms with E-state index in [1.807, 2.05) is 0 Å². The molecule has 1 saturated carbocycles. The number of hydrogen-bond acceptors (Lipinski definition) is 2. The lowest BCUT2D eigenvalue weighted by atomic mass is 9.82. The Kier molecular flexibility index (Phi) is 2.85. The standard InChI is InChI=1S/C12H24N2/c1-12(2)5-7-14(8-6-12)11-4-3-10(13)9-11/h10-11H,3-9,13H2,1-2H3. The van der Waals surface area contributed by atoms with Crippen LogP contribution in [0.1, 0.15) is 46.0 Å². The van der Waals surface area contributed by atoms with E-state index < -0.39 is 0 Å². The summed E-state index contributed by atoms with van der Waals surface area (Å²) in [6.07, 6.45) is 6.53. The molecule has 0 radical (unpaired) electrons. The molecule has 1 heterocycles. The average molecular weight is 196 g/mol. The third kappa shape index (κ3) is 2.29. The minimum absolute atomic E-state index is 0.481. The van der Waals surface area contributed by atoms with Gasteiger partial charge in [-0.3, -0.25) is 0 Å². The van der Waals surface area contributed by atoms with E-state index in [0.29, 0.717) is 11.5 Å². The molecule has 1 aliphatic heterocycles. The van der Waals surface area contributed by atoms with Gasteiger partial charge in [-0.2, -0.15) is 0 Å². The van der Waals surface area contributed by atoms with Crippen LogP contribution in [0.3, 0.4) is 0 Å². The van der Waals surface area contributed by atoms with Crippen LogP contribution in [-0.2, 0) is 0 Å². The first-order chi connectivity index (χ1) is 6.57. The Morgan fingerprint density at radius 2 is 1.79 bits per heavy atom. The SMILES string of the molecule is CC1(C)CCN(C2CCC(N)C2)CC1. The molecule has 2 heteroatoms. The van der Waals surface area contributed by atoms with Crippen LogP contribution in [-0.4, -0.2) is 30.1 Å². The fraction of sp³-hybridized carbons (Fsp3) is 1.00. The molecule has 14 heavy (non-hydrogen) atoms. The van der Waals surface area contributed by atoms with Gasteiger partial charge in [0.05, 0.1) is 0 Å². The first kappa shape index (κ1) is 10.4. The van der Waals surface area contributed by atoms with Crippen LogP contribution in [0.15, 0.2) is 0 Å². The zero-order chi connectivity index (χ0) is 10.2. The Balaban J connectivity index is 1.83. The highest BCUT2D eigenvalue weighted by atomic mass is 15.2. The number of rotatable bonds is 1. The quantitative estimate of drug-likeness (QED) is 0.695. The van der Waals surface area contributed by atoms with Gasteiger partial charge < -0.3 is 10.6 Å². The molecule has 0 amide bonds. The van der Waals surface area contributed by atoms with Crippen LogP contribution in [0.5, 0.6) is 0 Å². The summed E-state index contributed by atoms with van der Waals surface area (Å²) in [5, 5.41) is 0. The summed E-state index contributed by atoms with van der Waals surface area (Å²) in [6.45, 7) is 7.38. The fourth-order valence-electron chi connectivity index (χ4n) is 2.82. The third-order valence-electron chi connectivity index (χ3n) is 4.11. The molecule has 1 saturated heterocycles. The van der Waals surface area contributed by atoms with Gasteiger partial charge in [0.15, 0.2) is 0 Å². The fourth-order valence-corrected chi connectivity index (χ4v) is 2.82. The Labute approximate surface area is 87.8 Å². The summed E-state index contributed by atoms with van der Waals surface area (Å²) in [5.41, 5.74) is 6.54. The Bertz CT molecular complexity index is 190. The van der Waals surface area contributed by atoms with Gasteiger partial charge in [-0.15, -0.1) is 0 Å². The van der Waals surface area contributed by atoms with Crippen molar-refractivity contribution in [2.75, 3.05) is 13.1 Å². The molecule has 2 nitrogen and oxygen atoms in total. The summed E-state index contributed by atoms with van der Waals surface area (Å²) in [7, 11) is 0. The summed E-state index contributed by atoms with van der Waals surface area (Å²) >= 11 is 0. The molecule has 0 aromatic heterocycles. The van der Waals surface area contributed by atoms with Gasteiger partial charge in [0.25, 0.3) is 0 Å². The first-order valence-electron chi connectivity index (χ1n) is 6.06. The normalized spacial score (nSPS) is 38.8. The van der Waals surface area contributed by atoms with Gasteiger partial charge in [-0.1, -0.05) is 13.8 Å². The van der Waals surface area contributed by atoms with Crippen molar-refractivity contribution in [2.24, 2.45) is 11.1 Å². The van der Waals surface area contributed by atoms with Gasteiger partial charge in [-0.25, -0.2) is 0 Å². The number of piperidine rings is 1. The van der Waals surface area contributed by atoms with Crippen molar-refractivity contribution in [3.63, 3.8) is 0 Å². The number of likely N-dealkylation sites (tertiary alicyclic amines) is 1. The molecule has 2 N–H and O–H groups in total. The van der Waals surface area contributed by atoms with Crippen LogP contribution in [0, 0.1) is 5.41 Å². The summed E-state index contributed by atoms with van der Waals surface area (Å²) in [4.78, 5) is 2.68. The van der Waals surface area contributed by atoms with Gasteiger partial charge in [-0.05, 0) is 50.6 Å². The predicted molar refractivity (Wildman–Crippen MR) is 60.2 cm³/mol. The molecule has 2 unspecified atom stereocenters. The van der Waals surface area contributed by atoms with E-state index in [9.17, 15) is 0 Å². The number of nitrogens with two attached hydrogens (primary N) is 1. The van der Waals surface area contributed by atoms with Crippen molar-refractivity contribution in [1.82, 2.24) is 4.90 Å². The maximum atomic E-state index is 5.96. The Morgan fingerprint density at radius 3 is 2.29 bits per heavy atom. The smallest absolute Gasteiger partial charge is 0.0111 e. The highest BCUT2D eigenvalue weighted by molar-refractivity contribution is 4.88. The van der Waals surface area contributed by atoms with E-state index in [2.05, 4.69) is 18.7 Å².